The van der Waals surface area contributed by atoms with Gasteiger partial charge in [-0.3, -0.25) is 0 Å². The van der Waals surface area contributed by atoms with E-state index in [1.165, 1.54) is 0 Å². The topological polar surface area (TPSA) is 52.6 Å². The van der Waals surface area contributed by atoms with E-state index < -0.39 is 6.10 Å². The molecule has 1 amide bonds. The van der Waals surface area contributed by atoms with E-state index in [1.807, 2.05) is 0 Å². The molecule has 0 aromatic carbocycles. The average Bonchev–Trinajstić information content (AvgIpc) is 2.16. The predicted molar refractivity (Wildman–Crippen MR) is 59.8 cm³/mol. The number of aliphatic hydroxyl groups is 1. The zero-order valence-electron chi connectivity index (χ0n) is 9.10. The molecule has 0 aliphatic heterocycles. The fourth-order valence-electron chi connectivity index (χ4n) is 2.06. The quantitative estimate of drug-likeness (QED) is 0.535. The van der Waals surface area contributed by atoms with Crippen LogP contribution in [0.5, 0.6) is 0 Å². The van der Waals surface area contributed by atoms with Gasteiger partial charge in [0.25, 0.3) is 0 Å². The second-order valence-electron chi connectivity index (χ2n) is 4.24. The van der Waals surface area contributed by atoms with Crippen molar-refractivity contribution in [2.75, 3.05) is 14.1 Å². The van der Waals surface area contributed by atoms with Gasteiger partial charge in [-0.1, -0.05) is 0 Å². The Balaban J connectivity index is 2.59. The molecule has 1 saturated carbocycles. The molecule has 0 radical (unpaired) electrons. The van der Waals surface area contributed by atoms with Crippen LogP contribution in [-0.2, 0) is 4.79 Å². The molecule has 15 heavy (non-hydrogen) atoms. The Bertz CT molecular complexity index is 275. The van der Waals surface area contributed by atoms with Gasteiger partial charge in [0.1, 0.15) is 0 Å². The normalized spacial score (nSPS) is 30.7. The Morgan fingerprint density at radius 1 is 1.47 bits per heavy atom. The van der Waals surface area contributed by atoms with Crippen molar-refractivity contribution in [1.29, 1.82) is 0 Å². The number of amides is 1. The van der Waals surface area contributed by atoms with Crippen LogP contribution in [0.15, 0.2) is 0 Å². The SMILES string of the molecule is CN(C)C(=O)[C@H]1C[C@H](O)C[C@@H](NC#P)C1. The van der Waals surface area contributed by atoms with Gasteiger partial charge in [0.05, 0.1) is 0 Å². The molecular formula is C10H17N2O2P. The molecule has 0 heterocycles. The summed E-state index contributed by atoms with van der Waals surface area (Å²) in [5, 5.41) is 12.6. The van der Waals surface area contributed by atoms with Gasteiger partial charge in [0, 0.05) is 0 Å². The van der Waals surface area contributed by atoms with Crippen LogP contribution in [0, 0.1) is 11.7 Å². The number of carbonyl (C=O) groups is 1. The fraction of sp³-hybridized carbons (Fsp3) is 0.800. The molecule has 1 fully saturated rings. The van der Waals surface area contributed by atoms with Gasteiger partial charge in [-0.2, -0.15) is 0 Å². The Hall–Kier alpha value is -0.400. The van der Waals surface area contributed by atoms with Crippen molar-refractivity contribution >= 4 is 14.6 Å². The molecule has 84 valence electrons. The van der Waals surface area contributed by atoms with Crippen molar-refractivity contribution in [2.24, 2.45) is 5.92 Å². The van der Waals surface area contributed by atoms with Crippen molar-refractivity contribution in [3.8, 4) is 5.75 Å². The van der Waals surface area contributed by atoms with Crippen LogP contribution < -0.4 is 5.32 Å². The molecule has 1 aliphatic carbocycles. The molecule has 1 aliphatic rings. The van der Waals surface area contributed by atoms with Crippen LogP contribution in [0.25, 0.3) is 0 Å². The van der Waals surface area contributed by atoms with E-state index in [0.29, 0.717) is 12.8 Å². The first-order chi connectivity index (χ1) is 7.04. The first kappa shape index (κ1) is 12.7. The van der Waals surface area contributed by atoms with Gasteiger partial charge in [0.15, 0.2) is 0 Å². The number of carbonyl (C=O) groups excluding carboxylic acids is 1. The Labute approximate surface area is 92.5 Å². The number of hydrogen-bond donors (Lipinski definition) is 2. The van der Waals surface area contributed by atoms with Crippen molar-refractivity contribution in [3.05, 3.63) is 0 Å². The molecule has 0 spiro atoms. The summed E-state index contributed by atoms with van der Waals surface area (Å²) in [6.45, 7) is 0. The number of hydrogen-bond acceptors (Lipinski definition) is 3. The van der Waals surface area contributed by atoms with Gasteiger partial charge >= 0.3 is 91.9 Å². The van der Waals surface area contributed by atoms with Gasteiger partial charge in [-0.25, -0.2) is 0 Å². The van der Waals surface area contributed by atoms with E-state index in [9.17, 15) is 9.90 Å². The number of nitrogens with zero attached hydrogens (tertiary/aromatic N) is 1. The van der Waals surface area contributed by atoms with Crippen LogP contribution in [0.4, 0.5) is 0 Å². The molecule has 0 saturated heterocycles. The van der Waals surface area contributed by atoms with E-state index >= 15 is 0 Å². The third-order valence-electron chi connectivity index (χ3n) is 2.74. The van der Waals surface area contributed by atoms with E-state index in [4.69, 9.17) is 0 Å². The second-order valence-corrected chi connectivity index (χ2v) is 4.47. The molecule has 0 aromatic heterocycles. The van der Waals surface area contributed by atoms with Crippen LogP contribution in [-0.4, -0.2) is 42.2 Å². The Kier molecular flexibility index (Phi) is 4.75. The van der Waals surface area contributed by atoms with Gasteiger partial charge in [0.2, 0.25) is 0 Å². The molecule has 3 atom stereocenters. The summed E-state index contributed by atoms with van der Waals surface area (Å²) < 4.78 is 0. The van der Waals surface area contributed by atoms with E-state index in [1.54, 1.807) is 19.0 Å². The first-order valence-corrected chi connectivity index (χ1v) is 5.53. The van der Waals surface area contributed by atoms with Gasteiger partial charge in [-0.15, -0.1) is 0 Å². The molecule has 0 bridgehead atoms. The number of rotatable bonds is 2. The Morgan fingerprint density at radius 2 is 2.13 bits per heavy atom. The van der Waals surface area contributed by atoms with Crippen molar-refractivity contribution < 1.29 is 9.90 Å². The molecule has 0 aromatic rings. The summed E-state index contributed by atoms with van der Waals surface area (Å²) in [6.07, 6.45) is 1.54. The standard InChI is InChI=1S/C10H17N2O2P/c1-12(2)10(14)7-3-8(11-6-15)5-9(13)4-7/h7-9,11,13H,3-5H2,1-2H3/t7-,8+,9+/m1/s1. The minimum absolute atomic E-state index is 0.0831. The average molecular weight is 228 g/mol. The zero-order valence-corrected chi connectivity index (χ0v) is 10.00. The summed E-state index contributed by atoms with van der Waals surface area (Å²) >= 11 is 0. The molecule has 5 heteroatoms. The van der Waals surface area contributed by atoms with Gasteiger partial charge in [-0.05, 0) is 0 Å². The first-order valence-electron chi connectivity index (χ1n) is 5.08. The summed E-state index contributed by atoms with van der Waals surface area (Å²) in [5.74, 6) is 2.54. The van der Waals surface area contributed by atoms with Crippen molar-refractivity contribution in [3.63, 3.8) is 0 Å². The van der Waals surface area contributed by atoms with Crippen LogP contribution in [0.3, 0.4) is 0 Å². The number of aliphatic hydroxyl groups excluding tert-OH is 1. The molecule has 1 rings (SSSR count). The minimum atomic E-state index is -0.410. The molecular weight excluding hydrogens is 211 g/mol. The predicted octanol–water partition coefficient (Wildman–Crippen LogP) is 0.521. The monoisotopic (exact) mass is 228 g/mol. The second kappa shape index (κ2) is 5.62. The van der Waals surface area contributed by atoms with E-state index in [2.05, 4.69) is 19.8 Å². The van der Waals surface area contributed by atoms with Crippen molar-refractivity contribution in [1.82, 2.24) is 10.2 Å². The maximum absolute atomic E-state index is 11.7. The van der Waals surface area contributed by atoms with Gasteiger partial charge < -0.3 is 0 Å². The van der Waals surface area contributed by atoms with Crippen LogP contribution in [0.2, 0.25) is 0 Å². The summed E-state index contributed by atoms with van der Waals surface area (Å²) in [6, 6.07) is 0.0974. The van der Waals surface area contributed by atoms with E-state index in [0.717, 1.165) is 6.42 Å². The van der Waals surface area contributed by atoms with Crippen LogP contribution >= 0.6 is 8.70 Å². The third kappa shape index (κ3) is 3.58. The van der Waals surface area contributed by atoms with Crippen molar-refractivity contribution in [2.45, 2.75) is 31.4 Å². The van der Waals surface area contributed by atoms with E-state index in [-0.39, 0.29) is 17.9 Å². The number of nitrogens with one attached hydrogen (secondary N) is 1. The molecule has 0 unspecified atom stereocenters. The summed E-state index contributed by atoms with van der Waals surface area (Å²) in [7, 11) is 7.32. The molecule has 4 nitrogen and oxygen atoms in total. The maximum atomic E-state index is 11.7. The summed E-state index contributed by atoms with van der Waals surface area (Å²) in [5.41, 5.74) is 0. The third-order valence-corrected chi connectivity index (χ3v) is 2.87. The van der Waals surface area contributed by atoms with Crippen LogP contribution in [0.1, 0.15) is 19.3 Å². The Morgan fingerprint density at radius 3 is 2.67 bits per heavy atom. The fourth-order valence-corrected chi connectivity index (χ4v) is 2.25. The summed E-state index contributed by atoms with van der Waals surface area (Å²) in [4.78, 5) is 13.3. The molecule has 2 N–H and O–H groups in total. The zero-order chi connectivity index (χ0) is 11.4.